The molecule has 1 heterocycles. The van der Waals surface area contributed by atoms with Crippen molar-refractivity contribution in [3.63, 3.8) is 0 Å². The number of ether oxygens (including phenoxy) is 1. The molecular formula is C16H14ClN3O2. The zero-order chi connectivity index (χ0) is 16.4. The topological polar surface area (TPSA) is 89.1 Å². The van der Waals surface area contributed by atoms with Gasteiger partial charge in [-0.15, -0.1) is 0 Å². The van der Waals surface area contributed by atoms with E-state index in [4.69, 9.17) is 16.3 Å². The number of dihydropyridines is 1. The van der Waals surface area contributed by atoms with Crippen molar-refractivity contribution < 1.29 is 9.84 Å². The average Bonchev–Trinajstić information content (AvgIpc) is 2.49. The molecule has 112 valence electrons. The van der Waals surface area contributed by atoms with Gasteiger partial charge in [-0.05, 0) is 25.5 Å². The number of nitrogens with one attached hydrogen (secondary N) is 1. The van der Waals surface area contributed by atoms with E-state index < -0.39 is 5.92 Å². The van der Waals surface area contributed by atoms with E-state index in [1.54, 1.807) is 26.0 Å². The van der Waals surface area contributed by atoms with Crippen LogP contribution < -0.4 is 10.1 Å². The van der Waals surface area contributed by atoms with Crippen LogP contribution in [0.1, 0.15) is 25.3 Å². The Morgan fingerprint density at radius 1 is 1.18 bits per heavy atom. The number of halogens is 1. The Morgan fingerprint density at radius 3 is 2.18 bits per heavy atom. The summed E-state index contributed by atoms with van der Waals surface area (Å²) in [6.45, 7) is 3.53. The molecule has 1 aliphatic rings. The zero-order valence-electron chi connectivity index (χ0n) is 12.4. The zero-order valence-corrected chi connectivity index (χ0v) is 13.1. The number of methoxy groups -OCH3 is 1. The monoisotopic (exact) mass is 315 g/mol. The normalized spacial score (nSPS) is 15.2. The lowest BCUT2D eigenvalue weighted by atomic mass is 9.81. The van der Waals surface area contributed by atoms with Crippen LogP contribution in [0.5, 0.6) is 11.5 Å². The summed E-state index contributed by atoms with van der Waals surface area (Å²) in [4.78, 5) is 0. The van der Waals surface area contributed by atoms with Crippen LogP contribution in [0.2, 0.25) is 5.02 Å². The van der Waals surface area contributed by atoms with Crippen LogP contribution in [0.15, 0.2) is 34.7 Å². The van der Waals surface area contributed by atoms with Gasteiger partial charge in [-0.1, -0.05) is 17.7 Å². The number of nitrogens with zero attached hydrogens (tertiary/aromatic N) is 2. The maximum absolute atomic E-state index is 10.1. The minimum absolute atomic E-state index is 0.0763. The number of hydrogen-bond donors (Lipinski definition) is 2. The number of phenolic OH excluding ortho intramolecular Hbond substituents is 1. The van der Waals surface area contributed by atoms with Gasteiger partial charge in [0.2, 0.25) is 0 Å². The van der Waals surface area contributed by atoms with Gasteiger partial charge < -0.3 is 15.2 Å². The summed E-state index contributed by atoms with van der Waals surface area (Å²) >= 11 is 6.24. The standard InChI is InChI=1S/C16H14ClN3O2/c1-8-11(6-18)14(12(7-19)9(2)20-8)10-4-5-13(22-3)16(21)15(10)17/h4-5,14,20-21H,1-3H3. The minimum atomic E-state index is -0.611. The van der Waals surface area contributed by atoms with Crippen LogP contribution in [-0.4, -0.2) is 12.2 Å². The molecule has 0 radical (unpaired) electrons. The van der Waals surface area contributed by atoms with Crippen LogP contribution in [0.25, 0.3) is 0 Å². The highest BCUT2D eigenvalue weighted by molar-refractivity contribution is 6.33. The molecular weight excluding hydrogens is 302 g/mol. The average molecular weight is 316 g/mol. The minimum Gasteiger partial charge on any atom is -0.503 e. The Bertz CT molecular complexity index is 746. The molecule has 2 rings (SSSR count). The second-order valence-electron chi connectivity index (χ2n) is 4.88. The maximum atomic E-state index is 10.1. The number of phenols is 1. The molecule has 0 atom stereocenters. The van der Waals surface area contributed by atoms with Crippen molar-refractivity contribution in [1.82, 2.24) is 5.32 Å². The third-order valence-corrected chi connectivity index (χ3v) is 4.04. The van der Waals surface area contributed by atoms with E-state index in [0.717, 1.165) is 0 Å². The highest BCUT2D eigenvalue weighted by atomic mass is 35.5. The van der Waals surface area contributed by atoms with E-state index in [1.165, 1.54) is 7.11 Å². The second-order valence-corrected chi connectivity index (χ2v) is 5.26. The van der Waals surface area contributed by atoms with Gasteiger partial charge in [0, 0.05) is 11.4 Å². The first kappa shape index (κ1) is 15.8. The largest absolute Gasteiger partial charge is 0.503 e. The summed E-state index contributed by atoms with van der Waals surface area (Å²) in [7, 11) is 1.42. The van der Waals surface area contributed by atoms with Gasteiger partial charge >= 0.3 is 0 Å². The molecule has 1 aromatic rings. The van der Waals surface area contributed by atoms with Gasteiger partial charge in [0.05, 0.1) is 41.3 Å². The van der Waals surface area contributed by atoms with Gasteiger partial charge in [-0.25, -0.2) is 0 Å². The van der Waals surface area contributed by atoms with Crippen LogP contribution in [-0.2, 0) is 0 Å². The first-order valence-corrected chi connectivity index (χ1v) is 6.88. The lowest BCUT2D eigenvalue weighted by Gasteiger charge is -2.27. The molecule has 5 nitrogen and oxygen atoms in total. The van der Waals surface area contributed by atoms with Gasteiger partial charge in [0.1, 0.15) is 0 Å². The first-order valence-electron chi connectivity index (χ1n) is 6.50. The van der Waals surface area contributed by atoms with Crippen LogP contribution in [0, 0.1) is 22.7 Å². The van der Waals surface area contributed by atoms with E-state index >= 15 is 0 Å². The molecule has 22 heavy (non-hydrogen) atoms. The number of hydrogen-bond acceptors (Lipinski definition) is 5. The summed E-state index contributed by atoms with van der Waals surface area (Å²) in [6.07, 6.45) is 0. The van der Waals surface area contributed by atoms with E-state index in [-0.39, 0.29) is 16.5 Å². The number of aromatic hydroxyl groups is 1. The molecule has 2 N–H and O–H groups in total. The van der Waals surface area contributed by atoms with E-state index in [2.05, 4.69) is 17.5 Å². The SMILES string of the molecule is COc1ccc(C2C(C#N)=C(C)NC(C)=C2C#N)c(Cl)c1O. The Kier molecular flexibility index (Phi) is 4.30. The predicted octanol–water partition coefficient (Wildman–Crippen LogP) is 3.34. The molecule has 1 aliphatic heterocycles. The molecule has 0 fully saturated rings. The molecule has 6 heteroatoms. The van der Waals surface area contributed by atoms with Crippen molar-refractivity contribution in [2.45, 2.75) is 19.8 Å². The summed E-state index contributed by atoms with van der Waals surface area (Å²) in [6, 6.07) is 7.47. The Balaban J connectivity index is 2.72. The molecule has 0 bridgehead atoms. The summed E-state index contributed by atoms with van der Waals surface area (Å²) in [5.41, 5.74) is 2.61. The fraction of sp³-hybridized carbons (Fsp3) is 0.250. The summed E-state index contributed by atoms with van der Waals surface area (Å²) in [5, 5.41) is 32.1. The fourth-order valence-corrected chi connectivity index (χ4v) is 2.82. The number of nitriles is 2. The first-order chi connectivity index (χ1) is 10.5. The quantitative estimate of drug-likeness (QED) is 0.873. The van der Waals surface area contributed by atoms with Gasteiger partial charge in [0.25, 0.3) is 0 Å². The third-order valence-electron chi connectivity index (χ3n) is 3.64. The molecule has 0 spiro atoms. The third kappa shape index (κ3) is 2.36. The smallest absolute Gasteiger partial charge is 0.177 e. The van der Waals surface area contributed by atoms with Crippen LogP contribution in [0.4, 0.5) is 0 Å². The van der Waals surface area contributed by atoms with Crippen molar-refractivity contribution in [2.75, 3.05) is 7.11 Å². The van der Waals surface area contributed by atoms with E-state index in [0.29, 0.717) is 28.1 Å². The Labute approximate surface area is 133 Å². The molecule has 0 unspecified atom stereocenters. The predicted molar refractivity (Wildman–Crippen MR) is 82.2 cm³/mol. The van der Waals surface area contributed by atoms with Crippen LogP contribution in [0.3, 0.4) is 0 Å². The van der Waals surface area contributed by atoms with Crippen molar-refractivity contribution in [3.8, 4) is 23.6 Å². The molecule has 0 saturated heterocycles. The van der Waals surface area contributed by atoms with Crippen molar-refractivity contribution in [2.24, 2.45) is 0 Å². The van der Waals surface area contributed by atoms with E-state index in [1.807, 2.05) is 0 Å². The number of allylic oxidation sites excluding steroid dienone is 4. The lowest BCUT2D eigenvalue weighted by molar-refractivity contribution is 0.373. The Hall–Kier alpha value is -2.63. The second kappa shape index (κ2) is 6.01. The van der Waals surface area contributed by atoms with Crippen molar-refractivity contribution in [1.29, 1.82) is 10.5 Å². The molecule has 0 aliphatic carbocycles. The Morgan fingerprint density at radius 2 is 1.73 bits per heavy atom. The van der Waals surface area contributed by atoms with Crippen LogP contribution >= 0.6 is 11.6 Å². The molecule has 0 aromatic heterocycles. The fourth-order valence-electron chi connectivity index (χ4n) is 2.55. The summed E-state index contributed by atoms with van der Waals surface area (Å²) < 4.78 is 5.02. The maximum Gasteiger partial charge on any atom is 0.177 e. The highest BCUT2D eigenvalue weighted by Crippen LogP contribution is 2.45. The molecule has 0 amide bonds. The lowest BCUT2D eigenvalue weighted by Crippen LogP contribution is -2.23. The summed E-state index contributed by atoms with van der Waals surface area (Å²) in [5.74, 6) is -0.577. The van der Waals surface area contributed by atoms with E-state index in [9.17, 15) is 15.6 Å². The van der Waals surface area contributed by atoms with Crippen molar-refractivity contribution >= 4 is 11.6 Å². The van der Waals surface area contributed by atoms with Crippen molar-refractivity contribution in [3.05, 3.63) is 45.3 Å². The van der Waals surface area contributed by atoms with Gasteiger partial charge in [-0.2, -0.15) is 10.5 Å². The van der Waals surface area contributed by atoms with Gasteiger partial charge in [-0.3, -0.25) is 0 Å². The molecule has 0 saturated carbocycles. The number of benzene rings is 1. The molecule has 1 aromatic carbocycles. The number of rotatable bonds is 2. The highest BCUT2D eigenvalue weighted by Gasteiger charge is 2.32. The van der Waals surface area contributed by atoms with Gasteiger partial charge in [0.15, 0.2) is 11.5 Å².